The van der Waals surface area contributed by atoms with Crippen molar-refractivity contribution in [3.05, 3.63) is 29.3 Å². The van der Waals surface area contributed by atoms with Crippen LogP contribution in [0.1, 0.15) is 24.5 Å². The highest BCUT2D eigenvalue weighted by Gasteiger charge is 2.33. The van der Waals surface area contributed by atoms with Crippen LogP contribution in [0.25, 0.3) is 0 Å². The van der Waals surface area contributed by atoms with Crippen molar-refractivity contribution < 1.29 is 26.4 Å². The summed E-state index contributed by atoms with van der Waals surface area (Å²) in [6, 6.07) is 2.51. The number of halogens is 3. The Morgan fingerprint density at radius 3 is 2.54 bits per heavy atom. The molecule has 0 saturated carbocycles. The van der Waals surface area contributed by atoms with Crippen LogP contribution in [0, 0.1) is 6.92 Å². The fraction of sp³-hybridized carbons (Fsp3) is 0.533. The average molecular weight is 364 g/mol. The number of aryl methyl sites for hydroxylation is 1. The third kappa shape index (κ3) is 4.62. The standard InChI is InChI=1S/C15H19F3N2O3S/c1-9-3-4-11(7-13(9)15(16,17)18)19-10(2)14(21)20-12-5-6-24(22,23)8-12/h3-4,7,10,12,19H,5-6,8H2,1-2H3,(H,20,21). The third-order valence-electron chi connectivity index (χ3n) is 3.90. The quantitative estimate of drug-likeness (QED) is 0.858. The summed E-state index contributed by atoms with van der Waals surface area (Å²) in [6.45, 7) is 2.87. The molecule has 2 N–H and O–H groups in total. The van der Waals surface area contributed by atoms with Crippen molar-refractivity contribution in [2.24, 2.45) is 0 Å². The van der Waals surface area contributed by atoms with Crippen LogP contribution in [-0.4, -0.2) is 37.9 Å². The molecular weight excluding hydrogens is 345 g/mol. The molecule has 1 fully saturated rings. The average Bonchev–Trinajstić information content (AvgIpc) is 2.78. The Morgan fingerprint density at radius 2 is 2.00 bits per heavy atom. The molecule has 9 heteroatoms. The lowest BCUT2D eigenvalue weighted by Crippen LogP contribution is -2.43. The van der Waals surface area contributed by atoms with Gasteiger partial charge in [0.1, 0.15) is 6.04 Å². The van der Waals surface area contributed by atoms with E-state index >= 15 is 0 Å². The van der Waals surface area contributed by atoms with E-state index in [4.69, 9.17) is 0 Å². The molecule has 1 aliphatic heterocycles. The van der Waals surface area contributed by atoms with Crippen LogP contribution in [0.2, 0.25) is 0 Å². The zero-order chi connectivity index (χ0) is 18.1. The molecule has 2 atom stereocenters. The largest absolute Gasteiger partial charge is 0.416 e. The Hall–Kier alpha value is -1.77. The normalized spacial score (nSPS) is 21.3. The molecule has 2 rings (SSSR count). The van der Waals surface area contributed by atoms with Gasteiger partial charge in [0.25, 0.3) is 0 Å². The van der Waals surface area contributed by atoms with Crippen LogP contribution in [0.3, 0.4) is 0 Å². The molecular formula is C15H19F3N2O3S. The summed E-state index contributed by atoms with van der Waals surface area (Å²) in [5, 5.41) is 5.32. The molecule has 0 aromatic heterocycles. The molecule has 5 nitrogen and oxygen atoms in total. The van der Waals surface area contributed by atoms with Gasteiger partial charge in [-0.2, -0.15) is 13.2 Å². The first-order valence-electron chi connectivity index (χ1n) is 7.43. The molecule has 0 radical (unpaired) electrons. The second-order valence-electron chi connectivity index (χ2n) is 6.00. The van der Waals surface area contributed by atoms with Crippen molar-refractivity contribution in [2.75, 3.05) is 16.8 Å². The van der Waals surface area contributed by atoms with Crippen LogP contribution in [0.5, 0.6) is 0 Å². The summed E-state index contributed by atoms with van der Waals surface area (Å²) in [5.74, 6) is -0.521. The van der Waals surface area contributed by atoms with E-state index in [0.717, 1.165) is 6.07 Å². The molecule has 0 spiro atoms. The smallest absolute Gasteiger partial charge is 0.374 e. The van der Waals surface area contributed by atoms with Gasteiger partial charge in [0.05, 0.1) is 17.1 Å². The summed E-state index contributed by atoms with van der Waals surface area (Å²) < 4.78 is 61.5. The lowest BCUT2D eigenvalue weighted by molar-refractivity contribution is -0.138. The fourth-order valence-electron chi connectivity index (χ4n) is 2.57. The minimum absolute atomic E-state index is 0.0344. The lowest BCUT2D eigenvalue weighted by atomic mass is 10.1. The van der Waals surface area contributed by atoms with Gasteiger partial charge in [-0.1, -0.05) is 6.07 Å². The highest BCUT2D eigenvalue weighted by atomic mass is 32.2. The summed E-state index contributed by atoms with van der Waals surface area (Å²) >= 11 is 0. The maximum atomic E-state index is 12.9. The zero-order valence-corrected chi connectivity index (χ0v) is 14.1. The first-order valence-corrected chi connectivity index (χ1v) is 9.25. The molecule has 1 aromatic rings. The van der Waals surface area contributed by atoms with Gasteiger partial charge < -0.3 is 10.6 Å². The zero-order valence-electron chi connectivity index (χ0n) is 13.3. The Morgan fingerprint density at radius 1 is 1.33 bits per heavy atom. The van der Waals surface area contributed by atoms with Gasteiger partial charge in [0.15, 0.2) is 9.84 Å². The second-order valence-corrected chi connectivity index (χ2v) is 8.23. The monoisotopic (exact) mass is 364 g/mol. The van der Waals surface area contributed by atoms with E-state index in [-0.39, 0.29) is 22.8 Å². The molecule has 1 amide bonds. The minimum Gasteiger partial charge on any atom is -0.374 e. The number of hydrogen-bond acceptors (Lipinski definition) is 4. The Balaban J connectivity index is 2.01. The number of benzene rings is 1. The van der Waals surface area contributed by atoms with E-state index in [2.05, 4.69) is 10.6 Å². The number of sulfone groups is 1. The van der Waals surface area contributed by atoms with Gasteiger partial charge in [0, 0.05) is 11.7 Å². The highest BCUT2D eigenvalue weighted by Crippen LogP contribution is 2.33. The molecule has 1 heterocycles. The Bertz CT molecular complexity index is 732. The number of carbonyl (C=O) groups is 1. The molecule has 1 aliphatic rings. The molecule has 134 valence electrons. The molecule has 0 aliphatic carbocycles. The molecule has 1 aromatic carbocycles. The van der Waals surface area contributed by atoms with Crippen molar-refractivity contribution in [3.8, 4) is 0 Å². The van der Waals surface area contributed by atoms with Gasteiger partial charge in [-0.25, -0.2) is 8.42 Å². The predicted octanol–water partition coefficient (Wildman–Crippen LogP) is 2.12. The van der Waals surface area contributed by atoms with E-state index < -0.39 is 39.6 Å². The number of nitrogens with one attached hydrogen (secondary N) is 2. The first kappa shape index (κ1) is 18.6. The molecule has 0 bridgehead atoms. The number of amides is 1. The molecule has 2 unspecified atom stereocenters. The number of rotatable bonds is 4. The minimum atomic E-state index is -4.47. The van der Waals surface area contributed by atoms with Crippen molar-refractivity contribution in [1.82, 2.24) is 5.32 Å². The van der Waals surface area contributed by atoms with Gasteiger partial charge in [0.2, 0.25) is 5.91 Å². The number of hydrogen-bond donors (Lipinski definition) is 2. The molecule has 24 heavy (non-hydrogen) atoms. The van der Waals surface area contributed by atoms with Crippen molar-refractivity contribution in [1.29, 1.82) is 0 Å². The van der Waals surface area contributed by atoms with Crippen LogP contribution >= 0.6 is 0 Å². The van der Waals surface area contributed by atoms with Gasteiger partial charge in [-0.3, -0.25) is 4.79 Å². The van der Waals surface area contributed by atoms with E-state index in [0.29, 0.717) is 6.42 Å². The lowest BCUT2D eigenvalue weighted by Gasteiger charge is -2.19. The Kier molecular flexibility index (Phi) is 5.12. The van der Waals surface area contributed by atoms with E-state index in [1.54, 1.807) is 0 Å². The Labute approximate surface area is 138 Å². The maximum Gasteiger partial charge on any atom is 0.416 e. The summed E-state index contributed by atoms with van der Waals surface area (Å²) in [7, 11) is -3.11. The van der Waals surface area contributed by atoms with E-state index in [1.165, 1.54) is 26.0 Å². The van der Waals surface area contributed by atoms with Gasteiger partial charge >= 0.3 is 6.18 Å². The first-order chi connectivity index (χ1) is 11.0. The summed E-state index contributed by atoms with van der Waals surface area (Å²) in [4.78, 5) is 12.1. The van der Waals surface area contributed by atoms with E-state index in [1.807, 2.05) is 0 Å². The predicted molar refractivity (Wildman–Crippen MR) is 84.5 cm³/mol. The van der Waals surface area contributed by atoms with Crippen LogP contribution in [-0.2, 0) is 20.8 Å². The third-order valence-corrected chi connectivity index (χ3v) is 5.67. The second kappa shape index (κ2) is 6.62. The summed E-state index contributed by atoms with van der Waals surface area (Å²) in [6.07, 6.45) is -4.12. The summed E-state index contributed by atoms with van der Waals surface area (Å²) in [5.41, 5.74) is -0.488. The SMILES string of the molecule is Cc1ccc(NC(C)C(=O)NC2CCS(=O)(=O)C2)cc1C(F)(F)F. The van der Waals surface area contributed by atoms with E-state index in [9.17, 15) is 26.4 Å². The highest BCUT2D eigenvalue weighted by molar-refractivity contribution is 7.91. The van der Waals surface area contributed by atoms with Crippen LogP contribution < -0.4 is 10.6 Å². The molecule has 1 saturated heterocycles. The van der Waals surface area contributed by atoms with Crippen molar-refractivity contribution >= 4 is 21.4 Å². The van der Waals surface area contributed by atoms with Gasteiger partial charge in [-0.15, -0.1) is 0 Å². The van der Waals surface area contributed by atoms with Crippen molar-refractivity contribution in [2.45, 2.75) is 38.5 Å². The van der Waals surface area contributed by atoms with Crippen molar-refractivity contribution in [3.63, 3.8) is 0 Å². The van der Waals surface area contributed by atoms with Gasteiger partial charge in [-0.05, 0) is 38.0 Å². The maximum absolute atomic E-state index is 12.9. The topological polar surface area (TPSA) is 75.3 Å². The number of alkyl halides is 3. The van der Waals surface area contributed by atoms with Crippen LogP contribution in [0.4, 0.5) is 18.9 Å². The number of carbonyl (C=O) groups excluding carboxylic acids is 1. The number of anilines is 1. The van der Waals surface area contributed by atoms with Crippen LogP contribution in [0.15, 0.2) is 18.2 Å². The fourth-order valence-corrected chi connectivity index (χ4v) is 4.24.